The van der Waals surface area contributed by atoms with Crippen LogP contribution in [0.3, 0.4) is 0 Å². The smallest absolute Gasteiger partial charge is 0.322 e. The molecule has 1 N–H and O–H groups in total. The lowest BCUT2D eigenvalue weighted by molar-refractivity contribution is 0.217. The summed E-state index contributed by atoms with van der Waals surface area (Å²) in [5, 5.41) is 7.02. The Bertz CT molecular complexity index is 342. The summed E-state index contributed by atoms with van der Waals surface area (Å²) in [6.45, 7) is 9.39. The normalized spacial score (nSPS) is 10.6. The molecule has 0 fully saturated rings. The second-order valence-electron chi connectivity index (χ2n) is 3.86. The molecule has 0 aromatic carbocycles. The Labute approximate surface area is 96.4 Å². The molecule has 5 heteroatoms. The van der Waals surface area contributed by atoms with Crippen LogP contribution in [0.4, 0.5) is 10.6 Å². The van der Waals surface area contributed by atoms with E-state index >= 15 is 0 Å². The van der Waals surface area contributed by atoms with E-state index in [2.05, 4.69) is 10.4 Å². The largest absolute Gasteiger partial charge is 0.325 e. The zero-order chi connectivity index (χ0) is 12.1. The highest BCUT2D eigenvalue weighted by molar-refractivity contribution is 5.88. The minimum absolute atomic E-state index is 0.0765. The summed E-state index contributed by atoms with van der Waals surface area (Å²) in [4.78, 5) is 13.6. The average molecular weight is 224 g/mol. The molecule has 0 saturated carbocycles. The molecule has 1 rings (SSSR count). The van der Waals surface area contributed by atoms with Crippen molar-refractivity contribution in [1.82, 2.24) is 14.7 Å². The van der Waals surface area contributed by atoms with Gasteiger partial charge in [0, 0.05) is 25.2 Å². The highest BCUT2D eigenvalue weighted by Crippen LogP contribution is 2.13. The molecular weight excluding hydrogens is 204 g/mol. The number of anilines is 1. The van der Waals surface area contributed by atoms with E-state index in [0.717, 1.165) is 5.82 Å². The van der Waals surface area contributed by atoms with Crippen molar-refractivity contribution < 1.29 is 4.79 Å². The number of urea groups is 1. The van der Waals surface area contributed by atoms with Crippen LogP contribution in [-0.4, -0.2) is 33.8 Å². The topological polar surface area (TPSA) is 50.2 Å². The number of nitrogens with zero attached hydrogens (tertiary/aromatic N) is 3. The number of nitrogens with one attached hydrogen (secondary N) is 1. The maximum atomic E-state index is 11.8. The quantitative estimate of drug-likeness (QED) is 0.853. The highest BCUT2D eigenvalue weighted by Gasteiger charge is 2.12. The van der Waals surface area contributed by atoms with E-state index in [0.29, 0.717) is 13.1 Å². The number of carbonyl (C=O) groups is 1. The number of carbonyl (C=O) groups excluding carboxylic acids is 1. The summed E-state index contributed by atoms with van der Waals surface area (Å²) in [7, 11) is 0. The van der Waals surface area contributed by atoms with Crippen LogP contribution in [0.2, 0.25) is 0 Å². The average Bonchev–Trinajstić information content (AvgIpc) is 2.67. The van der Waals surface area contributed by atoms with Gasteiger partial charge in [-0.1, -0.05) is 0 Å². The fourth-order valence-electron chi connectivity index (χ4n) is 1.52. The van der Waals surface area contributed by atoms with Gasteiger partial charge in [-0.2, -0.15) is 5.10 Å². The van der Waals surface area contributed by atoms with Gasteiger partial charge in [0.2, 0.25) is 0 Å². The fraction of sp³-hybridized carbons (Fsp3) is 0.636. The minimum atomic E-state index is -0.0765. The zero-order valence-corrected chi connectivity index (χ0v) is 10.4. The highest BCUT2D eigenvalue weighted by atomic mass is 16.2. The molecule has 0 bridgehead atoms. The van der Waals surface area contributed by atoms with Gasteiger partial charge in [0.1, 0.15) is 5.82 Å². The predicted octanol–water partition coefficient (Wildman–Crippen LogP) is 2.34. The first kappa shape index (κ1) is 12.5. The van der Waals surface area contributed by atoms with Gasteiger partial charge in [0.05, 0.1) is 6.20 Å². The molecule has 5 nitrogen and oxygen atoms in total. The molecule has 0 aliphatic rings. The molecule has 0 saturated heterocycles. The van der Waals surface area contributed by atoms with Crippen LogP contribution < -0.4 is 5.32 Å². The lowest BCUT2D eigenvalue weighted by Crippen LogP contribution is -2.35. The Hall–Kier alpha value is -1.52. The van der Waals surface area contributed by atoms with Gasteiger partial charge < -0.3 is 4.90 Å². The first-order valence-corrected chi connectivity index (χ1v) is 5.69. The summed E-state index contributed by atoms with van der Waals surface area (Å²) >= 11 is 0. The Morgan fingerprint density at radius 2 is 2.12 bits per heavy atom. The summed E-state index contributed by atoms with van der Waals surface area (Å²) in [6.07, 6.45) is 1.69. The molecule has 0 spiro atoms. The number of rotatable bonds is 4. The molecule has 0 unspecified atom stereocenters. The summed E-state index contributed by atoms with van der Waals surface area (Å²) in [5.74, 6) is 0.743. The van der Waals surface area contributed by atoms with E-state index in [9.17, 15) is 4.79 Å². The van der Waals surface area contributed by atoms with Gasteiger partial charge >= 0.3 is 6.03 Å². The van der Waals surface area contributed by atoms with Gasteiger partial charge in [-0.05, 0) is 27.7 Å². The van der Waals surface area contributed by atoms with E-state index < -0.39 is 0 Å². The first-order valence-electron chi connectivity index (χ1n) is 5.69. The molecule has 16 heavy (non-hydrogen) atoms. The number of hydrogen-bond acceptors (Lipinski definition) is 2. The zero-order valence-electron chi connectivity index (χ0n) is 10.4. The van der Waals surface area contributed by atoms with E-state index in [1.54, 1.807) is 21.8 Å². The third-order valence-corrected chi connectivity index (χ3v) is 2.45. The molecule has 0 radical (unpaired) electrons. The summed E-state index contributed by atoms with van der Waals surface area (Å²) in [6, 6.07) is 1.97. The van der Waals surface area contributed by atoms with Crippen LogP contribution in [0, 0.1) is 0 Å². The van der Waals surface area contributed by atoms with E-state index in [4.69, 9.17) is 0 Å². The van der Waals surface area contributed by atoms with Gasteiger partial charge in [0.15, 0.2) is 0 Å². The lowest BCUT2D eigenvalue weighted by atomic mass is 10.4. The van der Waals surface area contributed by atoms with Crippen LogP contribution in [-0.2, 0) is 0 Å². The van der Waals surface area contributed by atoms with Gasteiger partial charge in [0.25, 0.3) is 0 Å². The SMILES string of the molecule is CCN(CC)C(=O)Nc1ccnn1C(C)C. The van der Waals surface area contributed by atoms with Gasteiger partial charge in [-0.3, -0.25) is 5.32 Å². The molecule has 1 aromatic heterocycles. The second kappa shape index (κ2) is 5.53. The van der Waals surface area contributed by atoms with Crippen molar-refractivity contribution in [2.24, 2.45) is 0 Å². The van der Waals surface area contributed by atoms with Crippen LogP contribution in [0.5, 0.6) is 0 Å². The molecule has 1 aromatic rings. The van der Waals surface area contributed by atoms with Crippen molar-refractivity contribution in [1.29, 1.82) is 0 Å². The van der Waals surface area contributed by atoms with E-state index in [-0.39, 0.29) is 12.1 Å². The van der Waals surface area contributed by atoms with Gasteiger partial charge in [-0.25, -0.2) is 9.48 Å². The van der Waals surface area contributed by atoms with Crippen LogP contribution in [0.25, 0.3) is 0 Å². The first-order chi connectivity index (χ1) is 7.60. The maximum Gasteiger partial charge on any atom is 0.322 e. The molecule has 0 atom stereocenters. The minimum Gasteiger partial charge on any atom is -0.325 e. The van der Waals surface area contributed by atoms with Crippen molar-refractivity contribution in [3.8, 4) is 0 Å². The number of aromatic nitrogens is 2. The van der Waals surface area contributed by atoms with Crippen LogP contribution in [0.1, 0.15) is 33.7 Å². The molecule has 0 aliphatic heterocycles. The third-order valence-electron chi connectivity index (χ3n) is 2.45. The standard InChI is InChI=1S/C11H20N4O/c1-5-14(6-2)11(16)13-10-7-8-12-15(10)9(3)4/h7-9H,5-6H2,1-4H3,(H,13,16). The summed E-state index contributed by atoms with van der Waals surface area (Å²) < 4.78 is 1.79. The predicted molar refractivity (Wildman–Crippen MR) is 64.6 cm³/mol. The Morgan fingerprint density at radius 3 is 2.62 bits per heavy atom. The molecule has 0 aliphatic carbocycles. The Kier molecular flexibility index (Phi) is 4.34. The molecule has 1 heterocycles. The van der Waals surface area contributed by atoms with Gasteiger partial charge in [-0.15, -0.1) is 0 Å². The fourth-order valence-corrected chi connectivity index (χ4v) is 1.52. The number of hydrogen-bond donors (Lipinski definition) is 1. The molecule has 90 valence electrons. The third kappa shape index (κ3) is 2.74. The number of amides is 2. The van der Waals surface area contributed by atoms with Crippen molar-refractivity contribution in [3.05, 3.63) is 12.3 Å². The van der Waals surface area contributed by atoms with Crippen molar-refractivity contribution in [2.45, 2.75) is 33.7 Å². The molecular formula is C11H20N4O. The van der Waals surface area contributed by atoms with Crippen molar-refractivity contribution >= 4 is 11.8 Å². The van der Waals surface area contributed by atoms with E-state index in [1.165, 1.54) is 0 Å². The second-order valence-corrected chi connectivity index (χ2v) is 3.86. The van der Waals surface area contributed by atoms with E-state index in [1.807, 2.05) is 27.7 Å². The Balaban J connectivity index is 2.72. The maximum absolute atomic E-state index is 11.8. The van der Waals surface area contributed by atoms with Crippen LogP contribution >= 0.6 is 0 Å². The Morgan fingerprint density at radius 1 is 1.50 bits per heavy atom. The van der Waals surface area contributed by atoms with Crippen LogP contribution in [0.15, 0.2) is 12.3 Å². The lowest BCUT2D eigenvalue weighted by Gasteiger charge is -2.20. The molecule has 2 amide bonds. The summed E-state index contributed by atoms with van der Waals surface area (Å²) in [5.41, 5.74) is 0. The monoisotopic (exact) mass is 224 g/mol. The van der Waals surface area contributed by atoms with Crippen molar-refractivity contribution in [2.75, 3.05) is 18.4 Å². The van der Waals surface area contributed by atoms with Crippen molar-refractivity contribution in [3.63, 3.8) is 0 Å².